The fourth-order valence-corrected chi connectivity index (χ4v) is 10.4. The van der Waals surface area contributed by atoms with Crippen molar-refractivity contribution in [2.75, 3.05) is 13.2 Å². The van der Waals surface area contributed by atoms with E-state index in [1.807, 2.05) is 12.2 Å². The number of unbranched alkanes of at least 4 members (excludes halogenated alkanes) is 37. The smallest absolute Gasteiger partial charge is 0.306 e. The molecule has 0 aromatic heterocycles. The zero-order valence-corrected chi connectivity index (χ0v) is 51.7. The third-order valence-corrected chi connectivity index (χ3v) is 15.7. The van der Waals surface area contributed by atoms with Gasteiger partial charge in [0.05, 0.1) is 25.4 Å². The average Bonchev–Trinajstić information content (AvgIpc) is 3.48. The van der Waals surface area contributed by atoms with Crippen LogP contribution in [0.4, 0.5) is 0 Å². The maximum absolute atomic E-state index is 13.5. The van der Waals surface area contributed by atoms with Crippen LogP contribution in [-0.2, 0) is 23.8 Å². The van der Waals surface area contributed by atoms with Crippen molar-refractivity contribution in [3.63, 3.8) is 0 Å². The van der Waals surface area contributed by atoms with Crippen LogP contribution in [0.5, 0.6) is 0 Å². The molecule has 80 heavy (non-hydrogen) atoms. The molecule has 11 heteroatoms. The van der Waals surface area contributed by atoms with Crippen LogP contribution in [0.1, 0.15) is 303 Å². The highest BCUT2D eigenvalue weighted by molar-refractivity contribution is 5.80. The highest BCUT2D eigenvalue weighted by Crippen LogP contribution is 2.26. The minimum Gasteiger partial charge on any atom is -0.454 e. The van der Waals surface area contributed by atoms with E-state index in [0.29, 0.717) is 19.3 Å². The van der Waals surface area contributed by atoms with E-state index in [0.717, 1.165) is 89.9 Å². The first-order valence-corrected chi connectivity index (χ1v) is 33.6. The fraction of sp³-hybridized carbons (Fsp3) is 0.826. The van der Waals surface area contributed by atoms with Crippen LogP contribution in [-0.4, -0.2) is 99.6 Å². The summed E-state index contributed by atoms with van der Waals surface area (Å²) in [5.74, 6) is -1.20. The maximum atomic E-state index is 13.5. The third kappa shape index (κ3) is 44.0. The van der Waals surface area contributed by atoms with Crippen LogP contribution >= 0.6 is 0 Å². The number of aliphatic hydroxyl groups excluding tert-OH is 5. The average molecular weight is 1130 g/mol. The Balaban J connectivity index is 2.59. The molecule has 8 unspecified atom stereocenters. The van der Waals surface area contributed by atoms with Crippen molar-refractivity contribution in [3.8, 4) is 0 Å². The van der Waals surface area contributed by atoms with E-state index >= 15 is 0 Å². The van der Waals surface area contributed by atoms with E-state index in [-0.39, 0.29) is 13.0 Å². The lowest BCUT2D eigenvalue weighted by Crippen LogP contribution is -2.61. The van der Waals surface area contributed by atoms with Gasteiger partial charge in [0.2, 0.25) is 5.91 Å². The Bertz CT molecular complexity index is 1530. The Hall–Kier alpha value is -2.64. The molecule has 1 rings (SSSR count). The SMILES string of the molecule is CC/C=C/C=C/C=C/CCCCCCCCCC(=O)OC1C(OCC(NC(=O)C(O)CCCCCCCCCCCCCCCC/C=C/CCCCCCCC)C(O)/C=C/CCCCCCCCCCCC)OC(CO)C(O)C1O. The second-order valence-corrected chi connectivity index (χ2v) is 23.2. The minimum atomic E-state index is -1.62. The molecule has 1 fully saturated rings. The van der Waals surface area contributed by atoms with Gasteiger partial charge in [-0.3, -0.25) is 9.59 Å². The number of allylic oxidation sites excluding steroid dienone is 9. The third-order valence-electron chi connectivity index (χ3n) is 15.7. The highest BCUT2D eigenvalue weighted by atomic mass is 16.7. The van der Waals surface area contributed by atoms with Gasteiger partial charge in [0.25, 0.3) is 0 Å². The summed E-state index contributed by atoms with van der Waals surface area (Å²) < 4.78 is 17.6. The van der Waals surface area contributed by atoms with Crippen LogP contribution < -0.4 is 5.32 Å². The Labute approximate surface area is 490 Å². The summed E-state index contributed by atoms with van der Waals surface area (Å²) in [6.45, 7) is 5.67. The molecule has 1 aliphatic heterocycles. The monoisotopic (exact) mass is 1130 g/mol. The molecule has 8 atom stereocenters. The molecular formula is C69H125NO10. The summed E-state index contributed by atoms with van der Waals surface area (Å²) in [5.41, 5.74) is 0. The molecule has 0 aromatic carbocycles. The first kappa shape index (κ1) is 75.4. The molecule has 1 saturated heterocycles. The van der Waals surface area contributed by atoms with Gasteiger partial charge in [0.15, 0.2) is 12.4 Å². The van der Waals surface area contributed by atoms with E-state index < -0.39 is 67.4 Å². The maximum Gasteiger partial charge on any atom is 0.306 e. The van der Waals surface area contributed by atoms with Crippen molar-refractivity contribution in [1.82, 2.24) is 5.32 Å². The van der Waals surface area contributed by atoms with Gasteiger partial charge >= 0.3 is 5.97 Å². The second-order valence-electron chi connectivity index (χ2n) is 23.2. The lowest BCUT2D eigenvalue weighted by Gasteiger charge is -2.41. The number of carbonyl (C=O) groups excluding carboxylic acids is 2. The first-order chi connectivity index (χ1) is 39.2. The van der Waals surface area contributed by atoms with Crippen LogP contribution in [0.25, 0.3) is 0 Å². The number of amides is 1. The van der Waals surface area contributed by atoms with E-state index in [9.17, 15) is 35.1 Å². The summed E-state index contributed by atoms with van der Waals surface area (Å²) in [6.07, 6.45) is 61.2. The molecular weight excluding hydrogens is 1000 g/mol. The van der Waals surface area contributed by atoms with E-state index in [2.05, 4.69) is 68.6 Å². The predicted molar refractivity (Wildman–Crippen MR) is 333 cm³/mol. The lowest BCUT2D eigenvalue weighted by atomic mass is 9.99. The standard InChI is InChI=1S/C69H125NO10/c1-4-7-10-13-16-19-22-25-27-28-29-30-31-32-33-34-35-37-38-41-44-47-50-53-56-62(73)68(77)70-60(61(72)55-52-49-46-43-40-24-21-18-15-12-9-6-3)59-78-69-67(66(76)65(75)63(58-71)79-69)80-64(74)57-54-51-48-45-42-39-36-26-23-20-17-14-11-8-5-2/h8,11,14,17,20,23,25,27,52,55,60-63,65-67,69,71-73,75-76H,4-7,9-10,12-13,15-16,18-19,21-22,24,26,28-51,53-54,56-59H2,1-3H3,(H,70,77)/b11-8+,17-14+,23-20+,27-25+,55-52+. The van der Waals surface area contributed by atoms with Crippen molar-refractivity contribution < 1.29 is 49.3 Å². The number of hydrogen-bond acceptors (Lipinski definition) is 10. The van der Waals surface area contributed by atoms with Crippen LogP contribution in [0.3, 0.4) is 0 Å². The summed E-state index contributed by atoms with van der Waals surface area (Å²) in [7, 11) is 0. The molecule has 0 aromatic rings. The molecule has 0 radical (unpaired) electrons. The van der Waals surface area contributed by atoms with Crippen molar-refractivity contribution in [2.45, 2.75) is 352 Å². The van der Waals surface area contributed by atoms with Crippen molar-refractivity contribution in [1.29, 1.82) is 0 Å². The van der Waals surface area contributed by atoms with Gasteiger partial charge in [-0.15, -0.1) is 0 Å². The van der Waals surface area contributed by atoms with Crippen LogP contribution in [0.2, 0.25) is 0 Å². The first-order valence-electron chi connectivity index (χ1n) is 33.6. The van der Waals surface area contributed by atoms with E-state index in [4.69, 9.17) is 14.2 Å². The summed E-state index contributed by atoms with van der Waals surface area (Å²) in [5, 5.41) is 57.1. The number of esters is 1. The second kappa shape index (κ2) is 56.8. The largest absolute Gasteiger partial charge is 0.454 e. The molecule has 1 amide bonds. The molecule has 6 N–H and O–H groups in total. The van der Waals surface area contributed by atoms with Gasteiger partial charge < -0.3 is 45.1 Å². The van der Waals surface area contributed by atoms with Gasteiger partial charge in [-0.1, -0.05) is 287 Å². The lowest BCUT2D eigenvalue weighted by molar-refractivity contribution is -0.305. The summed E-state index contributed by atoms with van der Waals surface area (Å²) >= 11 is 0. The zero-order chi connectivity index (χ0) is 58.2. The molecule has 1 heterocycles. The van der Waals surface area contributed by atoms with Crippen molar-refractivity contribution >= 4 is 11.9 Å². The van der Waals surface area contributed by atoms with E-state index in [1.54, 1.807) is 6.08 Å². The van der Waals surface area contributed by atoms with E-state index in [1.165, 1.54) is 167 Å². The molecule has 0 aliphatic carbocycles. The Morgan fingerprint density at radius 1 is 0.500 bits per heavy atom. The molecule has 11 nitrogen and oxygen atoms in total. The number of hydrogen-bond donors (Lipinski definition) is 6. The molecule has 466 valence electrons. The van der Waals surface area contributed by atoms with Crippen molar-refractivity contribution in [2.24, 2.45) is 0 Å². The summed E-state index contributed by atoms with van der Waals surface area (Å²) in [4.78, 5) is 26.6. The quantitative estimate of drug-likeness (QED) is 0.0149. The number of rotatable bonds is 57. The summed E-state index contributed by atoms with van der Waals surface area (Å²) in [6, 6.07) is -1.03. The van der Waals surface area contributed by atoms with Gasteiger partial charge in [-0.25, -0.2) is 0 Å². The minimum absolute atomic E-state index is 0.110. The van der Waals surface area contributed by atoms with Gasteiger partial charge in [-0.2, -0.15) is 0 Å². The number of carbonyl (C=O) groups is 2. The molecule has 0 saturated carbocycles. The number of aliphatic hydroxyl groups is 5. The number of nitrogens with one attached hydrogen (secondary N) is 1. The van der Waals surface area contributed by atoms with Crippen LogP contribution in [0, 0.1) is 0 Å². The number of ether oxygens (including phenoxy) is 3. The normalized spacial score (nSPS) is 19.1. The molecule has 0 bridgehead atoms. The van der Waals surface area contributed by atoms with Gasteiger partial charge in [-0.05, 0) is 70.6 Å². The Morgan fingerprint density at radius 2 is 0.912 bits per heavy atom. The Morgan fingerprint density at radius 3 is 1.38 bits per heavy atom. The zero-order valence-electron chi connectivity index (χ0n) is 51.7. The van der Waals surface area contributed by atoms with Gasteiger partial charge in [0.1, 0.15) is 24.4 Å². The highest BCUT2D eigenvalue weighted by Gasteiger charge is 2.47. The molecule has 0 spiro atoms. The predicted octanol–water partition coefficient (Wildman–Crippen LogP) is 16.6. The van der Waals surface area contributed by atoms with Gasteiger partial charge in [0, 0.05) is 6.42 Å². The topological polar surface area (TPSA) is 175 Å². The fourth-order valence-electron chi connectivity index (χ4n) is 10.4. The Kier molecular flexibility index (Phi) is 53.5. The van der Waals surface area contributed by atoms with Crippen LogP contribution in [0.15, 0.2) is 60.8 Å². The molecule has 1 aliphatic rings. The van der Waals surface area contributed by atoms with Crippen molar-refractivity contribution in [3.05, 3.63) is 60.8 Å².